The number of carbonyl (C=O) groups is 2. The van der Waals surface area contributed by atoms with E-state index in [4.69, 9.17) is 4.74 Å². The average Bonchev–Trinajstić information content (AvgIpc) is 2.79. The maximum atomic E-state index is 13.3. The fourth-order valence-corrected chi connectivity index (χ4v) is 4.23. The molecular formula is C27H36N2O3. The third-order valence-corrected chi connectivity index (χ3v) is 6.63. The first kappa shape index (κ1) is 23.8. The largest absolute Gasteiger partial charge is 0.483 e. The van der Waals surface area contributed by atoms with Gasteiger partial charge in [-0.05, 0) is 68.9 Å². The van der Waals surface area contributed by atoms with Crippen LogP contribution in [0.3, 0.4) is 0 Å². The Morgan fingerprint density at radius 2 is 1.69 bits per heavy atom. The smallest absolute Gasteiger partial charge is 0.261 e. The Morgan fingerprint density at radius 1 is 1.00 bits per heavy atom. The van der Waals surface area contributed by atoms with Gasteiger partial charge in [0.15, 0.2) is 6.61 Å². The SMILES string of the molecule is Cc1ccccc1CN(C(=O)COc1cccc(C)c1C)[C@H](C)C(=O)NC1CCCCC1. The van der Waals surface area contributed by atoms with Crippen molar-refractivity contribution in [3.63, 3.8) is 0 Å². The van der Waals surface area contributed by atoms with Crippen LogP contribution in [-0.4, -0.2) is 35.4 Å². The minimum absolute atomic E-state index is 0.0921. The predicted octanol–water partition coefficient (Wildman–Crippen LogP) is 4.86. The highest BCUT2D eigenvalue weighted by Crippen LogP contribution is 2.22. The molecule has 0 saturated heterocycles. The first-order valence-electron chi connectivity index (χ1n) is 11.7. The molecule has 0 aromatic heterocycles. The lowest BCUT2D eigenvalue weighted by atomic mass is 9.95. The molecule has 5 nitrogen and oxygen atoms in total. The number of ether oxygens (including phenoxy) is 1. The van der Waals surface area contributed by atoms with Crippen molar-refractivity contribution in [2.75, 3.05) is 6.61 Å². The minimum Gasteiger partial charge on any atom is -0.483 e. The second kappa shape index (κ2) is 11.2. The first-order chi connectivity index (χ1) is 15.4. The van der Waals surface area contributed by atoms with Crippen molar-refractivity contribution >= 4 is 11.8 Å². The lowest BCUT2D eigenvalue weighted by Gasteiger charge is -2.31. The number of aryl methyl sites for hydroxylation is 2. The molecule has 0 bridgehead atoms. The Balaban J connectivity index is 1.74. The molecular weight excluding hydrogens is 400 g/mol. The van der Waals surface area contributed by atoms with Crippen LogP contribution in [0.25, 0.3) is 0 Å². The summed E-state index contributed by atoms with van der Waals surface area (Å²) in [6.07, 6.45) is 5.55. The van der Waals surface area contributed by atoms with Crippen molar-refractivity contribution in [1.82, 2.24) is 10.2 Å². The Labute approximate surface area is 192 Å². The molecule has 2 amide bonds. The zero-order valence-electron chi connectivity index (χ0n) is 19.8. The molecule has 1 aliphatic rings. The number of hydrogen-bond acceptors (Lipinski definition) is 3. The van der Waals surface area contributed by atoms with E-state index in [-0.39, 0.29) is 24.5 Å². The van der Waals surface area contributed by atoms with Gasteiger partial charge in [0.2, 0.25) is 5.91 Å². The second-order valence-electron chi connectivity index (χ2n) is 8.95. The summed E-state index contributed by atoms with van der Waals surface area (Å²) >= 11 is 0. The lowest BCUT2D eigenvalue weighted by Crippen LogP contribution is -2.51. The Morgan fingerprint density at radius 3 is 2.41 bits per heavy atom. The van der Waals surface area contributed by atoms with Crippen LogP contribution in [0.15, 0.2) is 42.5 Å². The molecule has 172 valence electrons. The number of carbonyl (C=O) groups excluding carboxylic acids is 2. The van der Waals surface area contributed by atoms with Gasteiger partial charge in [0.25, 0.3) is 5.91 Å². The molecule has 1 atom stereocenters. The number of rotatable bonds is 8. The highest BCUT2D eigenvalue weighted by molar-refractivity contribution is 5.88. The molecule has 1 fully saturated rings. The van der Waals surface area contributed by atoms with Crippen molar-refractivity contribution in [2.24, 2.45) is 0 Å². The van der Waals surface area contributed by atoms with E-state index in [9.17, 15) is 9.59 Å². The van der Waals surface area contributed by atoms with Crippen LogP contribution in [0.2, 0.25) is 0 Å². The van der Waals surface area contributed by atoms with E-state index in [2.05, 4.69) is 5.32 Å². The molecule has 0 aliphatic heterocycles. The van der Waals surface area contributed by atoms with Crippen LogP contribution >= 0.6 is 0 Å². The maximum absolute atomic E-state index is 13.3. The molecule has 2 aromatic carbocycles. The molecule has 32 heavy (non-hydrogen) atoms. The number of nitrogens with one attached hydrogen (secondary N) is 1. The number of nitrogens with zero attached hydrogens (tertiary/aromatic N) is 1. The normalized spacial score (nSPS) is 15.1. The Hall–Kier alpha value is -2.82. The molecule has 5 heteroatoms. The van der Waals surface area contributed by atoms with E-state index < -0.39 is 6.04 Å². The summed E-state index contributed by atoms with van der Waals surface area (Å²) in [6.45, 7) is 8.12. The van der Waals surface area contributed by atoms with Gasteiger partial charge in [-0.3, -0.25) is 9.59 Å². The molecule has 0 radical (unpaired) electrons. The second-order valence-corrected chi connectivity index (χ2v) is 8.95. The van der Waals surface area contributed by atoms with Crippen LogP contribution in [0, 0.1) is 20.8 Å². The zero-order valence-corrected chi connectivity index (χ0v) is 19.8. The summed E-state index contributed by atoms with van der Waals surface area (Å²) in [5.41, 5.74) is 4.27. The summed E-state index contributed by atoms with van der Waals surface area (Å²) in [4.78, 5) is 28.0. The van der Waals surface area contributed by atoms with Crippen molar-refractivity contribution in [2.45, 2.75) is 78.4 Å². The van der Waals surface area contributed by atoms with Crippen LogP contribution in [-0.2, 0) is 16.1 Å². The number of hydrogen-bond donors (Lipinski definition) is 1. The third-order valence-electron chi connectivity index (χ3n) is 6.63. The summed E-state index contributed by atoms with van der Waals surface area (Å²) < 4.78 is 5.89. The molecule has 0 unspecified atom stereocenters. The van der Waals surface area contributed by atoms with Crippen LogP contribution < -0.4 is 10.1 Å². The Bertz CT molecular complexity index is 934. The average molecular weight is 437 g/mol. The summed E-state index contributed by atoms with van der Waals surface area (Å²) in [5.74, 6) is 0.416. The minimum atomic E-state index is -0.578. The summed E-state index contributed by atoms with van der Waals surface area (Å²) in [6, 6.07) is 13.4. The first-order valence-corrected chi connectivity index (χ1v) is 11.7. The van der Waals surface area contributed by atoms with Crippen LogP contribution in [0.5, 0.6) is 5.75 Å². The van der Waals surface area contributed by atoms with Crippen molar-refractivity contribution in [1.29, 1.82) is 0 Å². The van der Waals surface area contributed by atoms with Gasteiger partial charge in [0, 0.05) is 12.6 Å². The Kier molecular flexibility index (Phi) is 8.32. The molecule has 0 spiro atoms. The van der Waals surface area contributed by atoms with E-state index in [1.54, 1.807) is 4.90 Å². The van der Waals surface area contributed by atoms with E-state index in [1.807, 2.05) is 70.2 Å². The maximum Gasteiger partial charge on any atom is 0.261 e. The van der Waals surface area contributed by atoms with Gasteiger partial charge in [0.1, 0.15) is 11.8 Å². The molecule has 0 heterocycles. The van der Waals surface area contributed by atoms with E-state index >= 15 is 0 Å². The van der Waals surface area contributed by atoms with Crippen molar-refractivity contribution < 1.29 is 14.3 Å². The zero-order chi connectivity index (χ0) is 23.1. The fourth-order valence-electron chi connectivity index (χ4n) is 4.23. The predicted molar refractivity (Wildman–Crippen MR) is 128 cm³/mol. The van der Waals surface area contributed by atoms with Gasteiger partial charge >= 0.3 is 0 Å². The highest BCUT2D eigenvalue weighted by atomic mass is 16.5. The fraction of sp³-hybridized carbons (Fsp3) is 0.481. The van der Waals surface area contributed by atoms with Gasteiger partial charge < -0.3 is 15.0 Å². The van der Waals surface area contributed by atoms with Gasteiger partial charge in [-0.2, -0.15) is 0 Å². The molecule has 2 aromatic rings. The van der Waals surface area contributed by atoms with E-state index in [1.165, 1.54) is 6.42 Å². The van der Waals surface area contributed by atoms with Gasteiger partial charge in [-0.1, -0.05) is 55.7 Å². The third kappa shape index (κ3) is 6.12. The molecule has 3 rings (SSSR count). The standard InChI is InChI=1S/C27H36N2O3/c1-19-12-10-16-25(21(19)3)32-18-26(30)29(17-23-13-9-8-11-20(23)2)22(4)27(31)28-24-14-6-5-7-15-24/h8-13,16,22,24H,5-7,14-15,17-18H2,1-4H3,(H,28,31)/t22-/m1/s1. The molecule has 1 saturated carbocycles. The van der Waals surface area contributed by atoms with Gasteiger partial charge in [-0.15, -0.1) is 0 Å². The number of benzene rings is 2. The van der Waals surface area contributed by atoms with Gasteiger partial charge in [-0.25, -0.2) is 0 Å². The van der Waals surface area contributed by atoms with Crippen LogP contribution in [0.4, 0.5) is 0 Å². The van der Waals surface area contributed by atoms with Gasteiger partial charge in [0.05, 0.1) is 0 Å². The molecule has 1 N–H and O–H groups in total. The van der Waals surface area contributed by atoms with Crippen LogP contribution in [0.1, 0.15) is 61.3 Å². The molecule has 1 aliphatic carbocycles. The topological polar surface area (TPSA) is 58.6 Å². The monoisotopic (exact) mass is 436 g/mol. The highest BCUT2D eigenvalue weighted by Gasteiger charge is 2.28. The van der Waals surface area contributed by atoms with E-state index in [0.29, 0.717) is 12.3 Å². The van der Waals surface area contributed by atoms with Crippen molar-refractivity contribution in [3.05, 3.63) is 64.7 Å². The summed E-state index contributed by atoms with van der Waals surface area (Å²) in [5, 5.41) is 3.17. The quantitative estimate of drug-likeness (QED) is 0.643. The van der Waals surface area contributed by atoms with E-state index in [0.717, 1.165) is 47.9 Å². The number of amides is 2. The summed E-state index contributed by atoms with van der Waals surface area (Å²) in [7, 11) is 0. The van der Waals surface area contributed by atoms with Crippen molar-refractivity contribution in [3.8, 4) is 5.75 Å². The lowest BCUT2D eigenvalue weighted by molar-refractivity contribution is -0.142.